The molecule has 0 saturated carbocycles. The Morgan fingerprint density at radius 1 is 1.04 bits per heavy atom. The van der Waals surface area contributed by atoms with Crippen molar-refractivity contribution in [2.24, 2.45) is 0 Å². The van der Waals surface area contributed by atoms with E-state index in [1.165, 1.54) is 38.4 Å². The van der Waals surface area contributed by atoms with Crippen LogP contribution in [0.2, 0.25) is 0 Å². The van der Waals surface area contributed by atoms with E-state index < -0.39 is 21.9 Å². The largest absolute Gasteiger partial charge is 0.323 e. The molecule has 0 atom stereocenters. The van der Waals surface area contributed by atoms with Crippen molar-refractivity contribution in [3.8, 4) is 0 Å². The van der Waals surface area contributed by atoms with Gasteiger partial charge in [-0.2, -0.15) is 0 Å². The fourth-order valence-corrected chi connectivity index (χ4v) is 3.16. The summed E-state index contributed by atoms with van der Waals surface area (Å²) >= 11 is 0. The third-order valence-electron chi connectivity index (χ3n) is 3.29. The van der Waals surface area contributed by atoms with Crippen molar-refractivity contribution in [1.82, 2.24) is 4.31 Å². The van der Waals surface area contributed by atoms with E-state index in [0.29, 0.717) is 16.9 Å². The molecule has 2 amide bonds. The van der Waals surface area contributed by atoms with E-state index in [1.807, 2.05) is 0 Å². The Morgan fingerprint density at radius 3 is 2.25 bits per heavy atom. The summed E-state index contributed by atoms with van der Waals surface area (Å²) in [5.41, 5.74) is 1.18. The Kier molecular flexibility index (Phi) is 5.20. The fraction of sp³-hybridized carbons (Fsp3) is 0.188. The zero-order chi connectivity index (χ0) is 17.9. The molecule has 128 valence electrons. The van der Waals surface area contributed by atoms with Crippen LogP contribution in [0.15, 0.2) is 47.4 Å². The third-order valence-corrected chi connectivity index (χ3v) is 5.24. The van der Waals surface area contributed by atoms with Crippen LogP contribution in [0.25, 0.3) is 0 Å². The maximum absolute atomic E-state index is 13.1. The molecule has 8 heteroatoms. The summed E-state index contributed by atoms with van der Waals surface area (Å²) in [4.78, 5) is 12.1. The molecule has 0 aliphatic heterocycles. The Balaban J connectivity index is 2.20. The van der Waals surface area contributed by atoms with Crippen LogP contribution in [-0.4, -0.2) is 32.8 Å². The van der Waals surface area contributed by atoms with Gasteiger partial charge in [-0.05, 0) is 42.8 Å². The SMILES string of the molecule is Cc1ccc(NC(=O)Nc2cccc(F)c2)cc1S(=O)(=O)N(C)C. The van der Waals surface area contributed by atoms with Crippen LogP contribution in [-0.2, 0) is 10.0 Å². The standard InChI is InChI=1S/C16H18FN3O3S/c1-11-7-8-14(10-15(11)24(22,23)20(2)3)19-16(21)18-13-6-4-5-12(17)9-13/h4-10H,1-3H3,(H2,18,19,21). The Bertz CT molecular complexity index is 867. The van der Waals surface area contributed by atoms with Crippen LogP contribution in [0.5, 0.6) is 0 Å². The van der Waals surface area contributed by atoms with Crippen LogP contribution in [0.3, 0.4) is 0 Å². The summed E-state index contributed by atoms with van der Waals surface area (Å²) in [5.74, 6) is -0.470. The van der Waals surface area contributed by atoms with Gasteiger partial charge in [0.05, 0.1) is 4.90 Å². The van der Waals surface area contributed by atoms with Crippen LogP contribution in [0, 0.1) is 12.7 Å². The monoisotopic (exact) mass is 351 g/mol. The van der Waals surface area contributed by atoms with E-state index in [9.17, 15) is 17.6 Å². The zero-order valence-corrected chi connectivity index (χ0v) is 14.3. The smallest absolute Gasteiger partial charge is 0.308 e. The number of sulfonamides is 1. The molecule has 0 unspecified atom stereocenters. The summed E-state index contributed by atoms with van der Waals surface area (Å²) in [5, 5.41) is 5.01. The minimum atomic E-state index is -3.62. The van der Waals surface area contributed by atoms with Crippen molar-refractivity contribution < 1.29 is 17.6 Å². The molecule has 0 aliphatic rings. The number of hydrogen-bond donors (Lipinski definition) is 2. The van der Waals surface area contributed by atoms with Crippen molar-refractivity contribution in [2.75, 3.05) is 24.7 Å². The van der Waals surface area contributed by atoms with Gasteiger partial charge in [-0.25, -0.2) is 21.9 Å². The number of carbonyl (C=O) groups is 1. The topological polar surface area (TPSA) is 78.5 Å². The maximum Gasteiger partial charge on any atom is 0.323 e. The molecule has 0 radical (unpaired) electrons. The second kappa shape index (κ2) is 6.98. The molecule has 0 bridgehead atoms. The minimum absolute atomic E-state index is 0.107. The molecular formula is C16H18FN3O3S. The molecule has 0 saturated heterocycles. The Morgan fingerprint density at radius 2 is 1.67 bits per heavy atom. The van der Waals surface area contributed by atoms with E-state index in [-0.39, 0.29) is 4.90 Å². The van der Waals surface area contributed by atoms with Gasteiger partial charge in [0.1, 0.15) is 5.82 Å². The van der Waals surface area contributed by atoms with Crippen molar-refractivity contribution in [2.45, 2.75) is 11.8 Å². The van der Waals surface area contributed by atoms with Crippen molar-refractivity contribution in [1.29, 1.82) is 0 Å². The molecule has 2 rings (SSSR count). The fourth-order valence-electron chi connectivity index (χ4n) is 2.01. The average Bonchev–Trinajstić information content (AvgIpc) is 2.48. The molecule has 24 heavy (non-hydrogen) atoms. The molecule has 2 aromatic carbocycles. The first-order valence-corrected chi connectivity index (χ1v) is 8.51. The number of urea groups is 1. The first-order chi connectivity index (χ1) is 11.2. The Hall–Kier alpha value is -2.45. The van der Waals surface area contributed by atoms with Crippen LogP contribution < -0.4 is 10.6 Å². The average molecular weight is 351 g/mol. The number of carbonyl (C=O) groups excluding carboxylic acids is 1. The number of hydrogen-bond acceptors (Lipinski definition) is 3. The van der Waals surface area contributed by atoms with Crippen molar-refractivity contribution in [3.05, 3.63) is 53.8 Å². The molecule has 0 spiro atoms. The highest BCUT2D eigenvalue weighted by molar-refractivity contribution is 7.89. The number of nitrogens with zero attached hydrogens (tertiary/aromatic N) is 1. The summed E-state index contributed by atoms with van der Waals surface area (Å²) in [6.07, 6.45) is 0. The lowest BCUT2D eigenvalue weighted by Gasteiger charge is -2.15. The number of aryl methyl sites for hydroxylation is 1. The predicted octanol–water partition coefficient (Wildman–Crippen LogP) is 3.03. The predicted molar refractivity (Wildman–Crippen MR) is 91.1 cm³/mol. The number of anilines is 2. The molecule has 0 heterocycles. The third kappa shape index (κ3) is 4.09. The van der Waals surface area contributed by atoms with Gasteiger partial charge in [-0.1, -0.05) is 12.1 Å². The maximum atomic E-state index is 13.1. The van der Waals surface area contributed by atoms with E-state index in [0.717, 1.165) is 4.31 Å². The van der Waals surface area contributed by atoms with Crippen LogP contribution in [0.1, 0.15) is 5.56 Å². The summed E-state index contributed by atoms with van der Waals surface area (Å²) < 4.78 is 38.8. The molecule has 2 aromatic rings. The summed E-state index contributed by atoms with van der Waals surface area (Å²) in [6, 6.07) is 9.44. The van der Waals surface area contributed by atoms with E-state index >= 15 is 0 Å². The van der Waals surface area contributed by atoms with Crippen molar-refractivity contribution in [3.63, 3.8) is 0 Å². The highest BCUT2D eigenvalue weighted by Crippen LogP contribution is 2.22. The Labute approximate surface area is 140 Å². The van der Waals surface area contributed by atoms with Gasteiger partial charge in [0, 0.05) is 25.5 Å². The van der Waals surface area contributed by atoms with Crippen LogP contribution >= 0.6 is 0 Å². The van der Waals surface area contributed by atoms with Gasteiger partial charge < -0.3 is 10.6 Å². The molecule has 6 nitrogen and oxygen atoms in total. The number of nitrogens with one attached hydrogen (secondary N) is 2. The number of amides is 2. The first-order valence-electron chi connectivity index (χ1n) is 7.07. The van der Waals surface area contributed by atoms with E-state index in [2.05, 4.69) is 10.6 Å². The van der Waals surface area contributed by atoms with Crippen LogP contribution in [0.4, 0.5) is 20.6 Å². The zero-order valence-electron chi connectivity index (χ0n) is 13.5. The molecule has 0 fully saturated rings. The van der Waals surface area contributed by atoms with Gasteiger partial charge >= 0.3 is 6.03 Å². The van der Waals surface area contributed by atoms with Crippen molar-refractivity contribution >= 4 is 27.4 Å². The molecular weight excluding hydrogens is 333 g/mol. The normalized spacial score (nSPS) is 11.4. The first kappa shape index (κ1) is 17.9. The lowest BCUT2D eigenvalue weighted by molar-refractivity contribution is 0.262. The van der Waals surface area contributed by atoms with Gasteiger partial charge in [-0.15, -0.1) is 0 Å². The van der Waals surface area contributed by atoms with Gasteiger partial charge in [0.25, 0.3) is 0 Å². The quantitative estimate of drug-likeness (QED) is 0.889. The number of benzene rings is 2. The number of rotatable bonds is 4. The number of halogens is 1. The van der Waals surface area contributed by atoms with Gasteiger partial charge in [-0.3, -0.25) is 0 Å². The van der Waals surface area contributed by atoms with E-state index in [4.69, 9.17) is 0 Å². The highest BCUT2D eigenvalue weighted by Gasteiger charge is 2.20. The molecule has 2 N–H and O–H groups in total. The molecule has 0 aromatic heterocycles. The second-order valence-electron chi connectivity index (χ2n) is 5.36. The lowest BCUT2D eigenvalue weighted by atomic mass is 10.2. The molecule has 0 aliphatic carbocycles. The van der Waals surface area contributed by atoms with E-state index in [1.54, 1.807) is 25.1 Å². The highest BCUT2D eigenvalue weighted by atomic mass is 32.2. The lowest BCUT2D eigenvalue weighted by Crippen LogP contribution is -2.24. The van der Waals surface area contributed by atoms with Gasteiger partial charge in [0.2, 0.25) is 10.0 Å². The summed E-state index contributed by atoms with van der Waals surface area (Å²) in [6.45, 7) is 1.67. The summed E-state index contributed by atoms with van der Waals surface area (Å²) in [7, 11) is -0.746. The minimum Gasteiger partial charge on any atom is -0.308 e. The van der Waals surface area contributed by atoms with Gasteiger partial charge in [0.15, 0.2) is 0 Å². The second-order valence-corrected chi connectivity index (χ2v) is 7.48.